The number of aliphatic hydroxyl groups is 1. The number of hydrogen-bond acceptors (Lipinski definition) is 4. The highest BCUT2D eigenvalue weighted by Gasteiger charge is 2.17. The number of aryl methyl sites for hydroxylation is 2. The predicted octanol–water partition coefficient (Wildman–Crippen LogP) is 1.49. The van der Waals surface area contributed by atoms with Crippen LogP contribution in [0.5, 0.6) is 0 Å². The zero-order valence-corrected chi connectivity index (χ0v) is 13.1. The quantitative estimate of drug-likeness (QED) is 0.834. The average Bonchev–Trinajstić information content (AvgIpc) is 2.68. The van der Waals surface area contributed by atoms with E-state index in [9.17, 15) is 4.79 Å². The molecule has 0 atom stereocenters. The number of ketones is 1. The Bertz CT molecular complexity index is 488. The van der Waals surface area contributed by atoms with Gasteiger partial charge in [-0.3, -0.25) is 14.6 Å². The first-order valence-corrected chi connectivity index (χ1v) is 7.76. The summed E-state index contributed by atoms with van der Waals surface area (Å²) in [5, 5.41) is 9.01. The molecule has 0 saturated carbocycles. The Morgan fingerprint density at radius 2 is 1.81 bits per heavy atom. The molecule has 0 aromatic heterocycles. The summed E-state index contributed by atoms with van der Waals surface area (Å²) in [4.78, 5) is 16.9. The summed E-state index contributed by atoms with van der Waals surface area (Å²) in [5.41, 5.74) is 3.21. The monoisotopic (exact) mass is 290 g/mol. The summed E-state index contributed by atoms with van der Waals surface area (Å²) < 4.78 is 0. The van der Waals surface area contributed by atoms with Gasteiger partial charge in [0.25, 0.3) is 0 Å². The molecule has 1 aliphatic rings. The Morgan fingerprint density at radius 1 is 1.10 bits per heavy atom. The van der Waals surface area contributed by atoms with Crippen LogP contribution in [0.15, 0.2) is 18.2 Å². The lowest BCUT2D eigenvalue weighted by molar-refractivity contribution is 0.0932. The van der Waals surface area contributed by atoms with E-state index in [0.29, 0.717) is 6.54 Å². The molecule has 0 radical (unpaired) electrons. The molecule has 1 aliphatic heterocycles. The Morgan fingerprint density at radius 3 is 2.52 bits per heavy atom. The largest absolute Gasteiger partial charge is 0.395 e. The standard InChI is InChI=1S/C17H26N2O2/c1-14-4-5-16(12-15(14)2)17(21)13-19-7-3-6-18(8-9-19)10-11-20/h4-5,12,20H,3,6-11,13H2,1-2H3. The highest BCUT2D eigenvalue weighted by molar-refractivity contribution is 5.97. The van der Waals surface area contributed by atoms with E-state index in [1.165, 1.54) is 11.1 Å². The number of Topliss-reactive ketones (excluding diaryl/α,β-unsaturated/α-hetero) is 1. The molecule has 0 amide bonds. The van der Waals surface area contributed by atoms with Gasteiger partial charge >= 0.3 is 0 Å². The van der Waals surface area contributed by atoms with Crippen molar-refractivity contribution in [3.05, 3.63) is 34.9 Å². The van der Waals surface area contributed by atoms with Crippen LogP contribution in [0.25, 0.3) is 0 Å². The van der Waals surface area contributed by atoms with Gasteiger partial charge in [-0.05, 0) is 50.6 Å². The van der Waals surface area contributed by atoms with Crippen molar-refractivity contribution >= 4 is 5.78 Å². The molecule has 0 unspecified atom stereocenters. The molecule has 0 bridgehead atoms. The van der Waals surface area contributed by atoms with Crippen molar-refractivity contribution in [1.82, 2.24) is 9.80 Å². The van der Waals surface area contributed by atoms with Gasteiger partial charge in [-0.2, -0.15) is 0 Å². The second-order valence-corrected chi connectivity index (χ2v) is 5.92. The molecule has 4 heteroatoms. The van der Waals surface area contributed by atoms with E-state index in [1.54, 1.807) is 0 Å². The van der Waals surface area contributed by atoms with Crippen LogP contribution in [0.3, 0.4) is 0 Å². The van der Waals surface area contributed by atoms with Crippen molar-refractivity contribution in [2.45, 2.75) is 20.3 Å². The minimum atomic E-state index is 0.203. The summed E-state index contributed by atoms with van der Waals surface area (Å²) in [6.07, 6.45) is 1.06. The van der Waals surface area contributed by atoms with Crippen LogP contribution in [-0.4, -0.2) is 66.6 Å². The lowest BCUT2D eigenvalue weighted by atomic mass is 10.0. The van der Waals surface area contributed by atoms with Crippen LogP contribution in [-0.2, 0) is 0 Å². The smallest absolute Gasteiger partial charge is 0.176 e. The normalized spacial score (nSPS) is 17.7. The fraction of sp³-hybridized carbons (Fsp3) is 0.588. The van der Waals surface area contributed by atoms with E-state index in [2.05, 4.69) is 16.7 Å². The van der Waals surface area contributed by atoms with Crippen LogP contribution in [0, 0.1) is 13.8 Å². The number of carbonyl (C=O) groups is 1. The highest BCUT2D eigenvalue weighted by atomic mass is 16.3. The van der Waals surface area contributed by atoms with Gasteiger partial charge in [0.15, 0.2) is 5.78 Å². The Labute approximate surface area is 127 Å². The fourth-order valence-corrected chi connectivity index (χ4v) is 2.76. The van der Waals surface area contributed by atoms with Crippen molar-refractivity contribution in [2.24, 2.45) is 0 Å². The molecule has 1 heterocycles. The molecule has 21 heavy (non-hydrogen) atoms. The maximum absolute atomic E-state index is 12.4. The first kappa shape index (κ1) is 16.1. The molecule has 1 saturated heterocycles. The third kappa shape index (κ3) is 4.63. The van der Waals surface area contributed by atoms with Crippen LogP contribution in [0.4, 0.5) is 0 Å². The zero-order valence-electron chi connectivity index (χ0n) is 13.1. The van der Waals surface area contributed by atoms with Crippen molar-refractivity contribution in [3.63, 3.8) is 0 Å². The molecule has 2 rings (SSSR count). The summed E-state index contributed by atoms with van der Waals surface area (Å²) in [6.45, 7) is 9.35. The Hall–Kier alpha value is -1.23. The SMILES string of the molecule is Cc1ccc(C(=O)CN2CCCN(CCO)CC2)cc1C. The van der Waals surface area contributed by atoms with E-state index in [4.69, 9.17) is 5.11 Å². The lowest BCUT2D eigenvalue weighted by Crippen LogP contribution is -2.35. The number of hydrogen-bond donors (Lipinski definition) is 1. The molecule has 1 fully saturated rings. The van der Waals surface area contributed by atoms with Gasteiger partial charge in [-0.1, -0.05) is 12.1 Å². The minimum absolute atomic E-state index is 0.203. The molecule has 4 nitrogen and oxygen atoms in total. The maximum atomic E-state index is 12.4. The summed E-state index contributed by atoms with van der Waals surface area (Å²) in [7, 11) is 0. The average molecular weight is 290 g/mol. The van der Waals surface area contributed by atoms with Gasteiger partial charge in [0.1, 0.15) is 0 Å². The van der Waals surface area contributed by atoms with E-state index in [0.717, 1.165) is 44.7 Å². The van der Waals surface area contributed by atoms with E-state index in [-0.39, 0.29) is 12.4 Å². The van der Waals surface area contributed by atoms with Gasteiger partial charge < -0.3 is 5.11 Å². The molecule has 0 aliphatic carbocycles. The first-order valence-electron chi connectivity index (χ1n) is 7.76. The molecule has 0 spiro atoms. The predicted molar refractivity (Wildman–Crippen MR) is 84.8 cm³/mol. The summed E-state index contributed by atoms with van der Waals surface area (Å²) in [5.74, 6) is 0.203. The van der Waals surface area contributed by atoms with Gasteiger partial charge in [-0.25, -0.2) is 0 Å². The van der Waals surface area contributed by atoms with E-state index < -0.39 is 0 Å². The Kier molecular flexibility index (Phi) is 5.91. The number of benzene rings is 1. The molecule has 116 valence electrons. The van der Waals surface area contributed by atoms with Gasteiger partial charge in [0.05, 0.1) is 13.2 Å². The number of nitrogens with zero attached hydrogens (tertiary/aromatic N) is 2. The highest BCUT2D eigenvalue weighted by Crippen LogP contribution is 2.12. The number of β-amino-alcohol motifs (C(OH)–C–C–N with tert-alkyl or cyclic N) is 1. The third-order valence-electron chi connectivity index (χ3n) is 4.29. The van der Waals surface area contributed by atoms with Crippen molar-refractivity contribution in [1.29, 1.82) is 0 Å². The summed E-state index contributed by atoms with van der Waals surface area (Å²) >= 11 is 0. The molecular weight excluding hydrogens is 264 g/mol. The van der Waals surface area contributed by atoms with E-state index >= 15 is 0 Å². The minimum Gasteiger partial charge on any atom is -0.395 e. The van der Waals surface area contributed by atoms with Crippen LogP contribution < -0.4 is 0 Å². The number of rotatable bonds is 5. The number of aliphatic hydroxyl groups excluding tert-OH is 1. The zero-order chi connectivity index (χ0) is 15.2. The van der Waals surface area contributed by atoms with Crippen molar-refractivity contribution in [3.8, 4) is 0 Å². The van der Waals surface area contributed by atoms with Gasteiger partial charge in [0.2, 0.25) is 0 Å². The molecule has 1 aromatic rings. The summed E-state index contributed by atoms with van der Waals surface area (Å²) in [6, 6.07) is 5.95. The van der Waals surface area contributed by atoms with Crippen LogP contribution in [0.2, 0.25) is 0 Å². The van der Waals surface area contributed by atoms with Crippen LogP contribution >= 0.6 is 0 Å². The maximum Gasteiger partial charge on any atom is 0.176 e. The second kappa shape index (κ2) is 7.69. The first-order chi connectivity index (χ1) is 10.1. The fourth-order valence-electron chi connectivity index (χ4n) is 2.76. The topological polar surface area (TPSA) is 43.8 Å². The van der Waals surface area contributed by atoms with Crippen molar-refractivity contribution in [2.75, 3.05) is 45.9 Å². The Balaban J connectivity index is 1.91. The van der Waals surface area contributed by atoms with Crippen molar-refractivity contribution < 1.29 is 9.90 Å². The third-order valence-corrected chi connectivity index (χ3v) is 4.29. The second-order valence-electron chi connectivity index (χ2n) is 5.92. The molecule has 1 N–H and O–H groups in total. The van der Waals surface area contributed by atoms with Gasteiger partial charge in [0, 0.05) is 25.2 Å². The lowest BCUT2D eigenvalue weighted by Gasteiger charge is -2.20. The molecular formula is C17H26N2O2. The van der Waals surface area contributed by atoms with Gasteiger partial charge in [-0.15, -0.1) is 0 Å². The molecule has 1 aromatic carbocycles. The van der Waals surface area contributed by atoms with Crippen LogP contribution in [0.1, 0.15) is 27.9 Å². The van der Waals surface area contributed by atoms with E-state index in [1.807, 2.05) is 25.1 Å². The number of carbonyl (C=O) groups excluding carboxylic acids is 1.